The fourth-order valence-electron chi connectivity index (χ4n) is 4.01. The summed E-state index contributed by atoms with van der Waals surface area (Å²) in [6.07, 6.45) is 5.42. The quantitative estimate of drug-likeness (QED) is 0.877. The van der Waals surface area contributed by atoms with E-state index in [-0.39, 0.29) is 11.8 Å². The first-order chi connectivity index (χ1) is 12.1. The topological polar surface area (TPSA) is 54.0 Å². The molecule has 2 heterocycles. The van der Waals surface area contributed by atoms with Gasteiger partial charge in [-0.2, -0.15) is 0 Å². The van der Waals surface area contributed by atoms with Crippen molar-refractivity contribution < 1.29 is 4.79 Å². The highest BCUT2D eigenvalue weighted by Crippen LogP contribution is 2.33. The highest BCUT2D eigenvalue weighted by atomic mass is 32.1. The molecule has 1 aromatic carbocycles. The van der Waals surface area contributed by atoms with Crippen molar-refractivity contribution in [2.45, 2.75) is 52.0 Å². The summed E-state index contributed by atoms with van der Waals surface area (Å²) in [6.45, 7) is 5.14. The van der Waals surface area contributed by atoms with Crippen molar-refractivity contribution >= 4 is 22.4 Å². The van der Waals surface area contributed by atoms with Gasteiger partial charge in [0, 0.05) is 22.4 Å². The summed E-state index contributed by atoms with van der Waals surface area (Å²) in [7, 11) is 0. The van der Waals surface area contributed by atoms with Gasteiger partial charge in [0.25, 0.3) is 0 Å². The number of aromatic nitrogens is 1. The Morgan fingerprint density at radius 3 is 3.00 bits per heavy atom. The second-order valence-electron chi connectivity index (χ2n) is 7.33. The standard InChI is InChI=1S/C20H25N3OS/c1-12-10-17(8-9-21-12)19(24)23-20-22-18(13(2)25-20)16-7-6-14-4-3-5-15(14)11-16/h6-7,11-12,17,21H,3-5,8-10H2,1-2H3,(H,22,23,24)/t12-,17-/m0/s1. The minimum Gasteiger partial charge on any atom is -0.314 e. The van der Waals surface area contributed by atoms with E-state index >= 15 is 0 Å². The third-order valence-corrected chi connectivity index (χ3v) is 6.28. The Morgan fingerprint density at radius 1 is 1.32 bits per heavy atom. The van der Waals surface area contributed by atoms with Gasteiger partial charge in [-0.05, 0) is 69.7 Å². The number of hydrogen-bond acceptors (Lipinski definition) is 4. The van der Waals surface area contributed by atoms with Gasteiger partial charge in [0.1, 0.15) is 0 Å². The number of rotatable bonds is 3. The van der Waals surface area contributed by atoms with Crippen LogP contribution in [-0.4, -0.2) is 23.5 Å². The molecule has 1 aliphatic heterocycles. The van der Waals surface area contributed by atoms with Gasteiger partial charge < -0.3 is 10.6 Å². The lowest BCUT2D eigenvalue weighted by Crippen LogP contribution is -2.40. The van der Waals surface area contributed by atoms with Crippen molar-refractivity contribution in [3.05, 3.63) is 34.2 Å². The molecule has 0 unspecified atom stereocenters. The molecule has 0 spiro atoms. The van der Waals surface area contributed by atoms with Crippen LogP contribution in [0.1, 0.15) is 42.2 Å². The highest BCUT2D eigenvalue weighted by Gasteiger charge is 2.25. The number of piperidine rings is 1. The molecule has 0 saturated carbocycles. The molecular weight excluding hydrogens is 330 g/mol. The molecule has 2 N–H and O–H groups in total. The Morgan fingerprint density at radius 2 is 2.16 bits per heavy atom. The fraction of sp³-hybridized carbons (Fsp3) is 0.500. The van der Waals surface area contributed by atoms with Gasteiger partial charge in [-0.15, -0.1) is 11.3 Å². The van der Waals surface area contributed by atoms with Gasteiger partial charge in [-0.25, -0.2) is 4.98 Å². The molecule has 0 bridgehead atoms. The summed E-state index contributed by atoms with van der Waals surface area (Å²) < 4.78 is 0. The minimum absolute atomic E-state index is 0.0869. The SMILES string of the molecule is Cc1sc(NC(=O)[C@H]2CCN[C@@H](C)C2)nc1-c1ccc2c(c1)CCC2. The minimum atomic E-state index is 0.0869. The van der Waals surface area contributed by atoms with Crippen LogP contribution in [0.5, 0.6) is 0 Å². The van der Waals surface area contributed by atoms with Crippen molar-refractivity contribution in [1.82, 2.24) is 10.3 Å². The van der Waals surface area contributed by atoms with Gasteiger partial charge in [0.05, 0.1) is 5.69 Å². The van der Waals surface area contributed by atoms with Gasteiger partial charge in [0.2, 0.25) is 5.91 Å². The number of fused-ring (bicyclic) bond motifs is 1. The predicted molar refractivity (Wildman–Crippen MR) is 103 cm³/mol. The van der Waals surface area contributed by atoms with E-state index in [4.69, 9.17) is 4.98 Å². The predicted octanol–water partition coefficient (Wildman–Crippen LogP) is 3.93. The number of nitrogens with one attached hydrogen (secondary N) is 2. The number of nitrogens with zero attached hydrogens (tertiary/aromatic N) is 1. The lowest BCUT2D eigenvalue weighted by atomic mass is 9.92. The first-order valence-corrected chi connectivity index (χ1v) is 10.1. The molecule has 25 heavy (non-hydrogen) atoms. The van der Waals surface area contributed by atoms with Gasteiger partial charge in [-0.1, -0.05) is 12.1 Å². The lowest BCUT2D eigenvalue weighted by molar-refractivity contribution is -0.120. The molecule has 2 atom stereocenters. The number of benzene rings is 1. The Balaban J connectivity index is 1.51. The van der Waals surface area contributed by atoms with Crippen LogP contribution < -0.4 is 10.6 Å². The summed E-state index contributed by atoms with van der Waals surface area (Å²) in [5, 5.41) is 7.18. The van der Waals surface area contributed by atoms with Crippen molar-refractivity contribution in [3.8, 4) is 11.3 Å². The molecule has 132 valence electrons. The summed E-state index contributed by atoms with van der Waals surface area (Å²) in [5.41, 5.74) is 5.11. The number of thiazole rings is 1. The van der Waals surface area contributed by atoms with Crippen LogP contribution >= 0.6 is 11.3 Å². The zero-order valence-electron chi connectivity index (χ0n) is 14.9. The van der Waals surface area contributed by atoms with Crippen LogP contribution in [0.2, 0.25) is 0 Å². The largest absolute Gasteiger partial charge is 0.314 e. The maximum atomic E-state index is 12.6. The van der Waals surface area contributed by atoms with Crippen molar-refractivity contribution in [1.29, 1.82) is 0 Å². The van der Waals surface area contributed by atoms with Crippen molar-refractivity contribution in [2.75, 3.05) is 11.9 Å². The maximum Gasteiger partial charge on any atom is 0.229 e. The van der Waals surface area contributed by atoms with E-state index in [1.54, 1.807) is 11.3 Å². The van der Waals surface area contributed by atoms with Gasteiger partial charge in [-0.3, -0.25) is 4.79 Å². The normalized spacial score (nSPS) is 22.6. The average molecular weight is 356 g/mol. The first-order valence-electron chi connectivity index (χ1n) is 9.24. The second-order valence-corrected chi connectivity index (χ2v) is 8.53. The molecule has 1 aliphatic carbocycles. The van der Waals surface area contributed by atoms with E-state index in [0.29, 0.717) is 6.04 Å². The number of hydrogen-bond donors (Lipinski definition) is 2. The second kappa shape index (κ2) is 6.89. The van der Waals surface area contributed by atoms with Crippen molar-refractivity contribution in [2.24, 2.45) is 5.92 Å². The lowest BCUT2D eigenvalue weighted by Gasteiger charge is -2.26. The molecule has 0 radical (unpaired) electrons. The molecule has 4 nitrogen and oxygen atoms in total. The van der Waals surface area contributed by atoms with Crippen LogP contribution in [0, 0.1) is 12.8 Å². The van der Waals surface area contributed by atoms with E-state index in [2.05, 4.69) is 42.7 Å². The summed E-state index contributed by atoms with van der Waals surface area (Å²) in [4.78, 5) is 18.4. The number of amides is 1. The Kier molecular flexibility index (Phi) is 4.61. The number of aryl methyl sites for hydroxylation is 3. The van der Waals surface area contributed by atoms with Gasteiger partial charge in [0.15, 0.2) is 5.13 Å². The van der Waals surface area contributed by atoms with Gasteiger partial charge >= 0.3 is 0 Å². The molecule has 5 heteroatoms. The van der Waals surface area contributed by atoms with Crippen LogP contribution in [0.4, 0.5) is 5.13 Å². The first kappa shape index (κ1) is 16.7. The third kappa shape index (κ3) is 3.48. The molecular formula is C20H25N3OS. The summed E-state index contributed by atoms with van der Waals surface area (Å²) in [6, 6.07) is 7.10. The van der Waals surface area contributed by atoms with E-state index in [1.807, 2.05) is 0 Å². The van der Waals surface area contributed by atoms with Crippen LogP contribution in [0.25, 0.3) is 11.3 Å². The fourth-order valence-corrected chi connectivity index (χ4v) is 4.85. The van der Waals surface area contributed by atoms with E-state index in [9.17, 15) is 4.79 Å². The molecule has 1 saturated heterocycles. The van der Waals surface area contributed by atoms with Crippen molar-refractivity contribution in [3.63, 3.8) is 0 Å². The molecule has 1 aromatic heterocycles. The number of carbonyl (C=O) groups excluding carboxylic acids is 1. The highest BCUT2D eigenvalue weighted by molar-refractivity contribution is 7.16. The monoisotopic (exact) mass is 355 g/mol. The zero-order valence-corrected chi connectivity index (χ0v) is 15.7. The van der Waals surface area contributed by atoms with E-state index in [1.165, 1.54) is 36.0 Å². The summed E-state index contributed by atoms with van der Waals surface area (Å²) >= 11 is 1.58. The summed E-state index contributed by atoms with van der Waals surface area (Å²) in [5.74, 6) is 0.200. The third-order valence-electron chi connectivity index (χ3n) is 5.39. The van der Waals surface area contributed by atoms with Crippen LogP contribution in [0.15, 0.2) is 18.2 Å². The molecule has 2 aliphatic rings. The molecule has 1 fully saturated rings. The number of carbonyl (C=O) groups is 1. The molecule has 2 aromatic rings. The Hall–Kier alpha value is -1.72. The Labute approximate surface area is 153 Å². The molecule has 4 rings (SSSR count). The Bertz CT molecular complexity index is 798. The maximum absolute atomic E-state index is 12.6. The zero-order chi connectivity index (χ0) is 17.4. The van der Waals surface area contributed by atoms with Crippen LogP contribution in [-0.2, 0) is 17.6 Å². The van der Waals surface area contributed by atoms with E-state index < -0.39 is 0 Å². The average Bonchev–Trinajstić information content (AvgIpc) is 3.20. The number of anilines is 1. The molecule has 1 amide bonds. The van der Waals surface area contributed by atoms with E-state index in [0.717, 1.165) is 35.1 Å². The smallest absolute Gasteiger partial charge is 0.229 e. The van der Waals surface area contributed by atoms with Crippen LogP contribution in [0.3, 0.4) is 0 Å².